The van der Waals surface area contributed by atoms with Crippen LogP contribution in [0.5, 0.6) is 0 Å². The first-order chi connectivity index (χ1) is 4.77. The molecule has 1 nitrogen and oxygen atoms in total. The van der Waals surface area contributed by atoms with Crippen LogP contribution in [0.1, 0.15) is 20.8 Å². The molecule has 0 amide bonds. The molecule has 1 atom stereocenters. The number of rotatable bonds is 0. The largest absolute Gasteiger partial charge is 0.382 e. The fourth-order valence-electron chi connectivity index (χ4n) is 0.947. The van der Waals surface area contributed by atoms with Crippen molar-refractivity contribution in [3.63, 3.8) is 0 Å². The summed E-state index contributed by atoms with van der Waals surface area (Å²) in [7, 11) is 0. The number of hydrogen-bond donors (Lipinski definition) is 0. The summed E-state index contributed by atoms with van der Waals surface area (Å²) in [6.07, 6.45) is -3.44. The van der Waals surface area contributed by atoms with Gasteiger partial charge in [-0.2, -0.15) is 8.78 Å². The van der Waals surface area contributed by atoms with E-state index in [2.05, 4.69) is 4.74 Å². The highest BCUT2D eigenvalue weighted by Crippen LogP contribution is 2.44. The first-order valence-electron chi connectivity index (χ1n) is 3.23. The molecule has 0 fully saturated rings. The Morgan fingerprint density at radius 2 is 1.55 bits per heavy atom. The highest BCUT2D eigenvalue weighted by Gasteiger charge is 2.51. The van der Waals surface area contributed by atoms with Crippen molar-refractivity contribution in [1.82, 2.24) is 0 Å². The van der Waals surface area contributed by atoms with E-state index >= 15 is 0 Å². The molecule has 0 saturated carbocycles. The van der Waals surface area contributed by atoms with E-state index in [1.807, 2.05) is 0 Å². The second kappa shape index (κ2) is 2.00. The maximum Gasteiger partial charge on any atom is 0.382 e. The molecule has 64 valence electrons. The summed E-state index contributed by atoms with van der Waals surface area (Å²) >= 11 is 0. The highest BCUT2D eigenvalue weighted by molar-refractivity contribution is 5.26. The lowest BCUT2D eigenvalue weighted by molar-refractivity contribution is -0.271. The Hall–Kier alpha value is -0.510. The average molecular weight is 166 g/mol. The van der Waals surface area contributed by atoms with Crippen LogP contribution in [0.4, 0.5) is 13.2 Å². The molecule has 1 heterocycles. The second-order valence-electron chi connectivity index (χ2n) is 2.79. The SMILES string of the molecule is CC1=C(C)C(F)(F)OC1(C)F. The van der Waals surface area contributed by atoms with E-state index in [1.54, 1.807) is 0 Å². The molecule has 0 aromatic rings. The van der Waals surface area contributed by atoms with E-state index in [-0.39, 0.29) is 11.1 Å². The number of hydrogen-bond acceptors (Lipinski definition) is 1. The lowest BCUT2D eigenvalue weighted by atomic mass is 10.1. The molecule has 0 aliphatic carbocycles. The van der Waals surface area contributed by atoms with E-state index in [9.17, 15) is 13.2 Å². The Morgan fingerprint density at radius 1 is 1.09 bits per heavy atom. The Morgan fingerprint density at radius 3 is 1.64 bits per heavy atom. The van der Waals surface area contributed by atoms with E-state index in [0.717, 1.165) is 6.92 Å². The van der Waals surface area contributed by atoms with Crippen LogP contribution in [-0.2, 0) is 4.74 Å². The fraction of sp³-hybridized carbons (Fsp3) is 0.714. The maximum absolute atomic E-state index is 13.0. The van der Waals surface area contributed by atoms with Crippen molar-refractivity contribution in [2.24, 2.45) is 0 Å². The summed E-state index contributed by atoms with van der Waals surface area (Å²) in [6.45, 7) is 3.45. The van der Waals surface area contributed by atoms with Gasteiger partial charge in [-0.25, -0.2) is 4.39 Å². The van der Waals surface area contributed by atoms with Gasteiger partial charge in [0, 0.05) is 5.57 Å². The van der Waals surface area contributed by atoms with Crippen LogP contribution in [0.25, 0.3) is 0 Å². The van der Waals surface area contributed by atoms with Gasteiger partial charge in [0.15, 0.2) is 0 Å². The number of alkyl halides is 3. The molecular weight excluding hydrogens is 157 g/mol. The van der Waals surface area contributed by atoms with Gasteiger partial charge in [-0.05, 0) is 26.3 Å². The van der Waals surface area contributed by atoms with Crippen LogP contribution < -0.4 is 0 Å². The van der Waals surface area contributed by atoms with Crippen molar-refractivity contribution in [2.75, 3.05) is 0 Å². The van der Waals surface area contributed by atoms with E-state index in [4.69, 9.17) is 0 Å². The zero-order chi connectivity index (χ0) is 8.86. The third-order valence-corrected chi connectivity index (χ3v) is 1.99. The van der Waals surface area contributed by atoms with Crippen molar-refractivity contribution < 1.29 is 17.9 Å². The van der Waals surface area contributed by atoms with Gasteiger partial charge in [-0.3, -0.25) is 4.74 Å². The van der Waals surface area contributed by atoms with Crippen LogP contribution in [0, 0.1) is 0 Å². The first-order valence-corrected chi connectivity index (χ1v) is 3.23. The molecule has 0 aromatic heterocycles. The molecule has 4 heteroatoms. The molecule has 0 bridgehead atoms. The summed E-state index contributed by atoms with van der Waals surface area (Å²) < 4.78 is 42.0. The summed E-state index contributed by atoms with van der Waals surface area (Å²) in [5.74, 6) is -2.31. The third kappa shape index (κ3) is 1.15. The minimum Gasteiger partial charge on any atom is -0.275 e. The molecule has 0 aromatic carbocycles. The molecule has 0 saturated heterocycles. The van der Waals surface area contributed by atoms with Crippen LogP contribution in [-0.4, -0.2) is 12.0 Å². The molecule has 11 heavy (non-hydrogen) atoms. The molecule has 0 spiro atoms. The first kappa shape index (κ1) is 8.59. The van der Waals surface area contributed by atoms with Crippen LogP contribution >= 0.6 is 0 Å². The second-order valence-corrected chi connectivity index (χ2v) is 2.79. The highest BCUT2D eigenvalue weighted by atomic mass is 19.3. The molecule has 1 aliphatic rings. The maximum atomic E-state index is 13.0. The van der Waals surface area contributed by atoms with E-state index < -0.39 is 12.0 Å². The normalized spacial score (nSPS) is 36.5. The van der Waals surface area contributed by atoms with Crippen molar-refractivity contribution in [2.45, 2.75) is 32.7 Å². The lowest BCUT2D eigenvalue weighted by Gasteiger charge is -2.16. The Labute approximate surface area is 62.8 Å². The van der Waals surface area contributed by atoms with Gasteiger partial charge in [0.2, 0.25) is 5.85 Å². The van der Waals surface area contributed by atoms with Crippen LogP contribution in [0.15, 0.2) is 11.1 Å². The predicted molar refractivity (Wildman–Crippen MR) is 33.9 cm³/mol. The van der Waals surface area contributed by atoms with Gasteiger partial charge >= 0.3 is 6.11 Å². The summed E-state index contributed by atoms with van der Waals surface area (Å²) in [5, 5.41) is 0. The van der Waals surface area contributed by atoms with E-state index in [0.29, 0.717) is 0 Å². The molecule has 1 unspecified atom stereocenters. The van der Waals surface area contributed by atoms with Crippen LogP contribution in [0.2, 0.25) is 0 Å². The Bertz CT molecular complexity index is 196. The predicted octanol–water partition coefficient (Wildman–Crippen LogP) is 2.63. The minimum absolute atomic E-state index is 0.0394. The minimum atomic E-state index is -3.44. The quantitative estimate of drug-likeness (QED) is 0.502. The summed E-state index contributed by atoms with van der Waals surface area (Å²) in [4.78, 5) is 0. The van der Waals surface area contributed by atoms with Gasteiger partial charge in [0.1, 0.15) is 0 Å². The fourth-order valence-corrected chi connectivity index (χ4v) is 0.947. The van der Waals surface area contributed by atoms with Crippen LogP contribution in [0.3, 0.4) is 0 Å². The topological polar surface area (TPSA) is 9.23 Å². The standard InChI is InChI=1S/C7H9F3O/c1-4-5(2)7(9,10)11-6(4,3)8/h1-3H3. The van der Waals surface area contributed by atoms with Gasteiger partial charge < -0.3 is 0 Å². The van der Waals surface area contributed by atoms with Crippen molar-refractivity contribution in [1.29, 1.82) is 0 Å². The van der Waals surface area contributed by atoms with Gasteiger partial charge in [0.25, 0.3) is 0 Å². The van der Waals surface area contributed by atoms with Crippen molar-refractivity contribution >= 4 is 0 Å². The third-order valence-electron chi connectivity index (χ3n) is 1.99. The van der Waals surface area contributed by atoms with Gasteiger partial charge in [-0.15, -0.1) is 0 Å². The molecule has 1 aliphatic heterocycles. The lowest BCUT2D eigenvalue weighted by Crippen LogP contribution is -2.26. The molecule has 0 N–H and O–H groups in total. The zero-order valence-electron chi connectivity index (χ0n) is 6.54. The Balaban J connectivity index is 3.09. The van der Waals surface area contributed by atoms with Crippen molar-refractivity contribution in [3.8, 4) is 0 Å². The Kier molecular flexibility index (Phi) is 1.56. The smallest absolute Gasteiger partial charge is 0.275 e. The number of ether oxygens (including phenoxy) is 1. The van der Waals surface area contributed by atoms with Gasteiger partial charge in [-0.1, -0.05) is 0 Å². The summed E-state index contributed by atoms with van der Waals surface area (Å²) in [6, 6.07) is 0. The average Bonchev–Trinajstić information content (AvgIpc) is 1.91. The molecule has 1 rings (SSSR count). The molecule has 0 radical (unpaired) electrons. The molecular formula is C7H9F3O. The van der Waals surface area contributed by atoms with E-state index in [1.165, 1.54) is 13.8 Å². The summed E-state index contributed by atoms with van der Waals surface area (Å²) in [5.41, 5.74) is -0.370. The number of halogens is 3. The monoisotopic (exact) mass is 166 g/mol. The van der Waals surface area contributed by atoms with Crippen molar-refractivity contribution in [3.05, 3.63) is 11.1 Å². The van der Waals surface area contributed by atoms with Gasteiger partial charge in [0.05, 0.1) is 0 Å². The zero-order valence-corrected chi connectivity index (χ0v) is 6.54.